The Hall–Kier alpha value is -1.39. The van der Waals surface area contributed by atoms with Crippen LogP contribution in [0.15, 0.2) is 37.5 Å². The highest BCUT2D eigenvalue weighted by Crippen LogP contribution is 2.16. The average Bonchev–Trinajstić information content (AvgIpc) is 2.23. The number of carbonyl (C=O) groups is 1. The zero-order valence-electron chi connectivity index (χ0n) is 9.82. The molecule has 0 unspecified atom stereocenters. The van der Waals surface area contributed by atoms with Crippen LogP contribution in [0.3, 0.4) is 0 Å². The van der Waals surface area contributed by atoms with Crippen molar-refractivity contribution in [3.05, 3.63) is 37.5 Å². The first-order valence-electron chi connectivity index (χ1n) is 4.83. The zero-order chi connectivity index (χ0) is 12.6. The molecule has 0 aliphatic rings. The number of ether oxygens (including phenoxy) is 3. The Morgan fingerprint density at radius 1 is 1.25 bits per heavy atom. The molecule has 0 spiro atoms. The molecule has 0 aliphatic heterocycles. The number of hydrogen-bond donors (Lipinski definition) is 0. The van der Waals surface area contributed by atoms with E-state index >= 15 is 0 Å². The summed E-state index contributed by atoms with van der Waals surface area (Å²) in [5.74, 6) is -2.02. The van der Waals surface area contributed by atoms with Gasteiger partial charge in [0.2, 0.25) is 0 Å². The molecule has 0 radical (unpaired) electrons. The van der Waals surface area contributed by atoms with E-state index in [0.717, 1.165) is 0 Å². The Morgan fingerprint density at radius 2 is 1.69 bits per heavy atom. The largest absolute Gasteiger partial charge is 0.405 e. The van der Waals surface area contributed by atoms with Gasteiger partial charge in [0.1, 0.15) is 0 Å². The molecule has 0 saturated carbocycles. The lowest BCUT2D eigenvalue weighted by Crippen LogP contribution is -2.38. The van der Waals surface area contributed by atoms with Gasteiger partial charge in [-0.15, -0.1) is 13.2 Å². The predicted octanol–water partition coefficient (Wildman–Crippen LogP) is 2.18. The van der Waals surface area contributed by atoms with E-state index in [1.165, 1.54) is 19.1 Å². The first kappa shape index (κ1) is 14.6. The van der Waals surface area contributed by atoms with E-state index in [1.54, 1.807) is 6.92 Å². The van der Waals surface area contributed by atoms with Crippen LogP contribution in [0.4, 0.5) is 0 Å². The van der Waals surface area contributed by atoms with Gasteiger partial charge in [-0.2, -0.15) is 0 Å². The van der Waals surface area contributed by atoms with Gasteiger partial charge in [0.25, 0.3) is 0 Å². The van der Waals surface area contributed by atoms with Crippen LogP contribution in [0.1, 0.15) is 13.8 Å². The summed E-state index contributed by atoms with van der Waals surface area (Å²) in [7, 11) is 0. The third-order valence-electron chi connectivity index (χ3n) is 1.55. The minimum absolute atomic E-state index is 0.205. The summed E-state index contributed by atoms with van der Waals surface area (Å²) >= 11 is 0. The van der Waals surface area contributed by atoms with Gasteiger partial charge in [0, 0.05) is 12.5 Å². The first-order valence-corrected chi connectivity index (χ1v) is 4.83. The third-order valence-corrected chi connectivity index (χ3v) is 1.55. The predicted molar refractivity (Wildman–Crippen MR) is 61.6 cm³/mol. The maximum Gasteiger partial charge on any atom is 0.337 e. The van der Waals surface area contributed by atoms with Crippen LogP contribution in [-0.2, 0) is 19.0 Å². The summed E-state index contributed by atoms with van der Waals surface area (Å²) < 4.78 is 15.5. The van der Waals surface area contributed by atoms with Crippen molar-refractivity contribution in [2.24, 2.45) is 0 Å². The van der Waals surface area contributed by atoms with Gasteiger partial charge in [0.15, 0.2) is 0 Å². The van der Waals surface area contributed by atoms with Crippen molar-refractivity contribution in [3.8, 4) is 0 Å². The topological polar surface area (TPSA) is 44.8 Å². The highest BCUT2D eigenvalue weighted by atomic mass is 16.9. The van der Waals surface area contributed by atoms with Crippen LogP contribution >= 0.6 is 0 Å². The quantitative estimate of drug-likeness (QED) is 0.275. The molecule has 0 rings (SSSR count). The lowest BCUT2D eigenvalue weighted by Gasteiger charge is -2.28. The molecule has 0 aromatic heterocycles. The van der Waals surface area contributed by atoms with Crippen LogP contribution in [0.2, 0.25) is 0 Å². The maximum absolute atomic E-state index is 11.4. The normalized spacial score (nSPS) is 10.6. The van der Waals surface area contributed by atoms with E-state index in [2.05, 4.69) is 19.7 Å². The fraction of sp³-hybridized carbons (Fsp3) is 0.417. The van der Waals surface area contributed by atoms with Crippen molar-refractivity contribution in [3.63, 3.8) is 0 Å². The molecule has 4 heteroatoms. The molecule has 4 nitrogen and oxygen atoms in total. The maximum atomic E-state index is 11.4. The average molecular weight is 226 g/mol. The summed E-state index contributed by atoms with van der Waals surface area (Å²) in [5, 5.41) is 0. The van der Waals surface area contributed by atoms with Gasteiger partial charge in [-0.1, -0.05) is 18.7 Å². The van der Waals surface area contributed by atoms with Crippen LogP contribution in [-0.4, -0.2) is 25.2 Å². The van der Waals surface area contributed by atoms with Crippen molar-refractivity contribution in [2.45, 2.75) is 19.8 Å². The van der Waals surface area contributed by atoms with Gasteiger partial charge >= 0.3 is 11.9 Å². The molecular formula is C12H18O4. The molecule has 90 valence electrons. The minimum atomic E-state index is -1.45. The molecule has 0 amide bonds. The summed E-state index contributed by atoms with van der Waals surface area (Å²) in [6.07, 6.45) is 3.06. The van der Waals surface area contributed by atoms with Crippen molar-refractivity contribution in [2.75, 3.05) is 13.2 Å². The number of rotatable bonds is 8. The van der Waals surface area contributed by atoms with Crippen molar-refractivity contribution in [1.82, 2.24) is 0 Å². The second-order valence-electron chi connectivity index (χ2n) is 3.23. The summed E-state index contributed by atoms with van der Waals surface area (Å²) in [4.78, 5) is 11.4. The van der Waals surface area contributed by atoms with Gasteiger partial charge in [-0.25, -0.2) is 4.79 Å². The molecule has 0 aliphatic carbocycles. The molecule has 0 N–H and O–H groups in total. The fourth-order valence-electron chi connectivity index (χ4n) is 0.777. The summed E-state index contributed by atoms with van der Waals surface area (Å²) in [6, 6.07) is 0. The van der Waals surface area contributed by atoms with E-state index in [4.69, 9.17) is 14.2 Å². The molecule has 0 heterocycles. The van der Waals surface area contributed by atoms with Crippen LogP contribution in [0, 0.1) is 0 Å². The smallest absolute Gasteiger partial charge is 0.337 e. The Labute approximate surface area is 96.2 Å². The Balaban J connectivity index is 4.49. The van der Waals surface area contributed by atoms with E-state index in [1.807, 2.05) is 0 Å². The van der Waals surface area contributed by atoms with Gasteiger partial charge in [0.05, 0.1) is 13.2 Å². The summed E-state index contributed by atoms with van der Waals surface area (Å²) in [5.41, 5.74) is 0.274. The van der Waals surface area contributed by atoms with Crippen molar-refractivity contribution < 1.29 is 19.0 Å². The molecule has 16 heavy (non-hydrogen) atoms. The molecule has 0 bridgehead atoms. The SMILES string of the molecule is C=CCOC(C)(OCC=C)OC(=O)C(=C)C. The van der Waals surface area contributed by atoms with Gasteiger partial charge in [-0.05, 0) is 6.92 Å². The standard InChI is InChI=1S/C12H18O4/c1-6-8-14-12(5,15-9-7-2)16-11(13)10(3)4/h6-7H,1-3,8-9H2,4-5H3. The Morgan fingerprint density at radius 3 is 2.00 bits per heavy atom. The number of esters is 1. The Kier molecular flexibility index (Phi) is 6.37. The molecule has 0 aromatic rings. The Bertz CT molecular complexity index is 269. The lowest BCUT2D eigenvalue weighted by molar-refractivity contribution is -0.343. The first-order chi connectivity index (χ1) is 7.45. The fourth-order valence-corrected chi connectivity index (χ4v) is 0.777. The number of hydrogen-bond acceptors (Lipinski definition) is 4. The van der Waals surface area contributed by atoms with E-state index in [-0.39, 0.29) is 18.8 Å². The van der Waals surface area contributed by atoms with Gasteiger partial charge < -0.3 is 14.2 Å². The van der Waals surface area contributed by atoms with E-state index in [0.29, 0.717) is 0 Å². The third kappa shape index (κ3) is 5.48. The van der Waals surface area contributed by atoms with Crippen molar-refractivity contribution >= 4 is 5.97 Å². The van der Waals surface area contributed by atoms with E-state index in [9.17, 15) is 4.79 Å². The highest BCUT2D eigenvalue weighted by Gasteiger charge is 2.30. The van der Waals surface area contributed by atoms with Crippen LogP contribution < -0.4 is 0 Å². The van der Waals surface area contributed by atoms with Crippen molar-refractivity contribution in [1.29, 1.82) is 0 Å². The second kappa shape index (κ2) is 6.98. The van der Waals surface area contributed by atoms with Crippen LogP contribution in [0.25, 0.3) is 0 Å². The lowest BCUT2D eigenvalue weighted by atomic mass is 10.4. The molecular weight excluding hydrogens is 208 g/mol. The van der Waals surface area contributed by atoms with Gasteiger partial charge in [-0.3, -0.25) is 0 Å². The number of carbonyl (C=O) groups excluding carboxylic acids is 1. The molecule has 0 saturated heterocycles. The minimum Gasteiger partial charge on any atom is -0.405 e. The monoisotopic (exact) mass is 226 g/mol. The molecule has 0 fully saturated rings. The summed E-state index contributed by atoms with van der Waals surface area (Å²) in [6.45, 7) is 13.9. The highest BCUT2D eigenvalue weighted by molar-refractivity contribution is 5.87. The van der Waals surface area contributed by atoms with Crippen LogP contribution in [0.5, 0.6) is 0 Å². The molecule has 0 atom stereocenters. The van der Waals surface area contributed by atoms with E-state index < -0.39 is 11.9 Å². The zero-order valence-corrected chi connectivity index (χ0v) is 9.82. The molecule has 0 aromatic carbocycles. The second-order valence-corrected chi connectivity index (χ2v) is 3.23.